The molecule has 0 radical (unpaired) electrons. The molecule has 20 heavy (non-hydrogen) atoms. The normalized spacial score (nSPS) is 10.1. The monoisotopic (exact) mass is 295 g/mol. The number of urea groups is 1. The SMILES string of the molecule is CSc1cccc(NC(=O)CCCCCNC(N)=O)c1. The summed E-state index contributed by atoms with van der Waals surface area (Å²) >= 11 is 1.64. The van der Waals surface area contributed by atoms with Crippen LogP contribution < -0.4 is 16.4 Å². The Balaban J connectivity index is 2.18. The van der Waals surface area contributed by atoms with Crippen molar-refractivity contribution in [3.8, 4) is 0 Å². The molecule has 0 saturated carbocycles. The number of carbonyl (C=O) groups is 2. The van der Waals surface area contributed by atoms with E-state index in [0.717, 1.165) is 29.8 Å². The third-order valence-electron chi connectivity index (χ3n) is 2.73. The highest BCUT2D eigenvalue weighted by atomic mass is 32.2. The van der Waals surface area contributed by atoms with Gasteiger partial charge in [-0.25, -0.2) is 4.79 Å². The maximum absolute atomic E-state index is 11.7. The van der Waals surface area contributed by atoms with Crippen LogP contribution in [0.2, 0.25) is 0 Å². The van der Waals surface area contributed by atoms with E-state index in [0.29, 0.717) is 13.0 Å². The lowest BCUT2D eigenvalue weighted by molar-refractivity contribution is -0.116. The lowest BCUT2D eigenvalue weighted by Gasteiger charge is -2.06. The molecule has 5 nitrogen and oxygen atoms in total. The maximum atomic E-state index is 11.7. The van der Waals surface area contributed by atoms with E-state index in [1.54, 1.807) is 11.8 Å². The number of thioether (sulfide) groups is 1. The minimum absolute atomic E-state index is 0.0195. The van der Waals surface area contributed by atoms with Gasteiger partial charge in [0, 0.05) is 23.5 Å². The number of benzene rings is 1. The Bertz CT molecular complexity index is 452. The Morgan fingerprint density at radius 1 is 1.25 bits per heavy atom. The predicted molar refractivity (Wildman–Crippen MR) is 82.9 cm³/mol. The van der Waals surface area contributed by atoms with E-state index in [-0.39, 0.29) is 5.91 Å². The molecule has 4 N–H and O–H groups in total. The average Bonchev–Trinajstić information content (AvgIpc) is 2.42. The molecule has 0 aliphatic heterocycles. The molecule has 0 unspecified atom stereocenters. The van der Waals surface area contributed by atoms with Gasteiger partial charge in [0.25, 0.3) is 0 Å². The summed E-state index contributed by atoms with van der Waals surface area (Å²) < 4.78 is 0. The number of amides is 3. The number of carbonyl (C=O) groups excluding carboxylic acids is 2. The second-order valence-electron chi connectivity index (χ2n) is 4.38. The minimum atomic E-state index is -0.503. The third-order valence-corrected chi connectivity index (χ3v) is 3.46. The standard InChI is InChI=1S/C14H21N3O2S/c1-20-12-7-5-6-11(10-12)17-13(18)8-3-2-4-9-16-14(15)19/h5-7,10H,2-4,8-9H2,1H3,(H,17,18)(H3,15,16,19). The van der Waals surface area contributed by atoms with Crippen molar-refractivity contribution in [2.24, 2.45) is 5.73 Å². The molecule has 1 aromatic carbocycles. The first kappa shape index (κ1) is 16.4. The van der Waals surface area contributed by atoms with Crippen LogP contribution in [0.1, 0.15) is 25.7 Å². The van der Waals surface area contributed by atoms with E-state index in [4.69, 9.17) is 5.73 Å². The number of primary amides is 1. The van der Waals surface area contributed by atoms with Crippen molar-refractivity contribution in [3.63, 3.8) is 0 Å². The summed E-state index contributed by atoms with van der Waals surface area (Å²) in [6.45, 7) is 0.562. The van der Waals surface area contributed by atoms with Gasteiger partial charge in [-0.1, -0.05) is 12.5 Å². The zero-order valence-corrected chi connectivity index (χ0v) is 12.5. The fourth-order valence-corrected chi connectivity index (χ4v) is 2.18. The molecule has 0 aromatic heterocycles. The van der Waals surface area contributed by atoms with E-state index < -0.39 is 6.03 Å². The molecule has 0 atom stereocenters. The van der Waals surface area contributed by atoms with Gasteiger partial charge in [0.2, 0.25) is 5.91 Å². The summed E-state index contributed by atoms with van der Waals surface area (Å²) in [5.74, 6) is 0.0195. The van der Waals surface area contributed by atoms with Crippen molar-refractivity contribution in [3.05, 3.63) is 24.3 Å². The van der Waals surface area contributed by atoms with E-state index in [2.05, 4.69) is 10.6 Å². The van der Waals surface area contributed by atoms with Crippen LogP contribution >= 0.6 is 11.8 Å². The Hall–Kier alpha value is -1.69. The highest BCUT2D eigenvalue weighted by molar-refractivity contribution is 7.98. The van der Waals surface area contributed by atoms with Gasteiger partial charge < -0.3 is 16.4 Å². The first-order valence-electron chi connectivity index (χ1n) is 6.59. The Morgan fingerprint density at radius 2 is 2.05 bits per heavy atom. The molecule has 0 bridgehead atoms. The van der Waals surface area contributed by atoms with Gasteiger partial charge in [-0.05, 0) is 37.3 Å². The van der Waals surface area contributed by atoms with Crippen LogP contribution in [0.3, 0.4) is 0 Å². The highest BCUT2D eigenvalue weighted by Gasteiger charge is 2.03. The lowest BCUT2D eigenvalue weighted by Crippen LogP contribution is -2.29. The summed E-state index contributed by atoms with van der Waals surface area (Å²) in [5, 5.41) is 5.41. The van der Waals surface area contributed by atoms with Crippen LogP contribution in [-0.4, -0.2) is 24.7 Å². The number of rotatable bonds is 8. The fraction of sp³-hybridized carbons (Fsp3) is 0.429. The predicted octanol–water partition coefficient (Wildman–Crippen LogP) is 2.58. The van der Waals surface area contributed by atoms with Gasteiger partial charge in [0.05, 0.1) is 0 Å². The molecule has 0 fully saturated rings. The molecular weight excluding hydrogens is 274 g/mol. The second kappa shape index (κ2) is 9.25. The van der Waals surface area contributed by atoms with Gasteiger partial charge in [0.1, 0.15) is 0 Å². The topological polar surface area (TPSA) is 84.2 Å². The maximum Gasteiger partial charge on any atom is 0.312 e. The van der Waals surface area contributed by atoms with E-state index >= 15 is 0 Å². The first-order chi connectivity index (χ1) is 9.61. The smallest absolute Gasteiger partial charge is 0.312 e. The average molecular weight is 295 g/mol. The van der Waals surface area contributed by atoms with Crippen LogP contribution in [0, 0.1) is 0 Å². The minimum Gasteiger partial charge on any atom is -0.352 e. The molecule has 110 valence electrons. The van der Waals surface area contributed by atoms with E-state index in [1.165, 1.54) is 0 Å². The van der Waals surface area contributed by atoms with Crippen molar-refractivity contribution in [2.75, 3.05) is 18.1 Å². The first-order valence-corrected chi connectivity index (χ1v) is 7.81. The molecule has 0 saturated heterocycles. The molecular formula is C14H21N3O2S. The van der Waals surface area contributed by atoms with Crippen molar-refractivity contribution in [1.29, 1.82) is 0 Å². The molecule has 0 heterocycles. The molecule has 1 aromatic rings. The largest absolute Gasteiger partial charge is 0.352 e. The zero-order valence-electron chi connectivity index (χ0n) is 11.6. The van der Waals surface area contributed by atoms with Gasteiger partial charge in [-0.2, -0.15) is 0 Å². The van der Waals surface area contributed by atoms with Crippen molar-refractivity contribution < 1.29 is 9.59 Å². The highest BCUT2D eigenvalue weighted by Crippen LogP contribution is 2.19. The van der Waals surface area contributed by atoms with Crippen LogP contribution in [0.4, 0.5) is 10.5 Å². The summed E-state index contributed by atoms with van der Waals surface area (Å²) in [4.78, 5) is 23.3. The van der Waals surface area contributed by atoms with E-state index in [1.807, 2.05) is 30.5 Å². The van der Waals surface area contributed by atoms with Crippen LogP contribution in [0.25, 0.3) is 0 Å². The number of anilines is 1. The Labute approximate surface area is 123 Å². The van der Waals surface area contributed by atoms with Gasteiger partial charge in [0.15, 0.2) is 0 Å². The number of unbranched alkanes of at least 4 members (excludes halogenated alkanes) is 2. The molecule has 0 aliphatic carbocycles. The quantitative estimate of drug-likeness (QED) is 0.509. The molecule has 6 heteroatoms. The lowest BCUT2D eigenvalue weighted by atomic mass is 10.2. The summed E-state index contributed by atoms with van der Waals surface area (Å²) in [5.41, 5.74) is 5.78. The van der Waals surface area contributed by atoms with Crippen molar-refractivity contribution >= 4 is 29.4 Å². The van der Waals surface area contributed by atoms with Gasteiger partial charge >= 0.3 is 6.03 Å². The van der Waals surface area contributed by atoms with Crippen LogP contribution in [-0.2, 0) is 4.79 Å². The fourth-order valence-electron chi connectivity index (χ4n) is 1.72. The summed E-state index contributed by atoms with van der Waals surface area (Å²) in [6, 6.07) is 7.27. The number of nitrogens with two attached hydrogens (primary N) is 1. The van der Waals surface area contributed by atoms with E-state index in [9.17, 15) is 9.59 Å². The van der Waals surface area contributed by atoms with Crippen molar-refractivity contribution in [2.45, 2.75) is 30.6 Å². The molecule has 0 spiro atoms. The zero-order chi connectivity index (χ0) is 14.8. The number of hydrogen-bond donors (Lipinski definition) is 3. The van der Waals surface area contributed by atoms with Crippen LogP contribution in [0.15, 0.2) is 29.2 Å². The Kier molecular flexibility index (Phi) is 7.57. The van der Waals surface area contributed by atoms with Gasteiger partial charge in [-0.3, -0.25) is 4.79 Å². The summed E-state index contributed by atoms with van der Waals surface area (Å²) in [7, 11) is 0. The number of nitrogens with one attached hydrogen (secondary N) is 2. The second-order valence-corrected chi connectivity index (χ2v) is 5.26. The molecule has 3 amide bonds. The van der Waals surface area contributed by atoms with Gasteiger partial charge in [-0.15, -0.1) is 11.8 Å². The molecule has 1 rings (SSSR count). The third kappa shape index (κ3) is 7.04. The van der Waals surface area contributed by atoms with Crippen LogP contribution in [0.5, 0.6) is 0 Å². The van der Waals surface area contributed by atoms with Crippen molar-refractivity contribution in [1.82, 2.24) is 5.32 Å². The molecule has 0 aliphatic rings. The number of hydrogen-bond acceptors (Lipinski definition) is 3. The summed E-state index contributed by atoms with van der Waals surface area (Å²) in [6.07, 6.45) is 5.01. The Morgan fingerprint density at radius 3 is 2.75 bits per heavy atom.